The van der Waals surface area contributed by atoms with Gasteiger partial charge in [-0.1, -0.05) is 18.2 Å². The normalized spacial score (nSPS) is 16.5. The number of carboxylic acid groups (broad SMARTS) is 3. The first kappa shape index (κ1) is 40.7. The number of fused-ring (bicyclic) bond motifs is 2. The van der Waals surface area contributed by atoms with Gasteiger partial charge < -0.3 is 25.1 Å². The van der Waals surface area contributed by atoms with Gasteiger partial charge in [-0.25, -0.2) is 18.8 Å². The molecule has 4 heterocycles. The molecule has 5 rings (SSSR count). The van der Waals surface area contributed by atoms with Crippen molar-refractivity contribution in [2.75, 3.05) is 24.5 Å². The molecule has 0 saturated carbocycles. The summed E-state index contributed by atoms with van der Waals surface area (Å²) in [7, 11) is 0. The Morgan fingerprint density at radius 1 is 0.740 bits per heavy atom. The number of aliphatic carboxylic acids is 3. The summed E-state index contributed by atoms with van der Waals surface area (Å²) in [5.74, 6) is -8.99. The van der Waals surface area contributed by atoms with E-state index in [1.807, 2.05) is 24.5 Å². The van der Waals surface area contributed by atoms with Gasteiger partial charge in [0.2, 0.25) is 0 Å². The average molecular weight is 731 g/mol. The summed E-state index contributed by atoms with van der Waals surface area (Å²) in [5.41, 5.74) is 3.19. The first-order valence-electron chi connectivity index (χ1n) is 13.5. The number of carboxylic acids is 3. The molecule has 3 aromatic rings. The first-order chi connectivity index (χ1) is 23.0. The Bertz CT molecular complexity index is 1600. The second kappa shape index (κ2) is 16.3. The zero-order valence-electron chi connectivity index (χ0n) is 24.9. The topological polar surface area (TPSA) is 161 Å². The number of halogens is 10. The second-order valence-electron chi connectivity index (χ2n) is 10.2. The fourth-order valence-corrected chi connectivity index (χ4v) is 4.61. The number of rotatable bonds is 3. The summed E-state index contributed by atoms with van der Waals surface area (Å²) in [6.45, 7) is 2.68. The van der Waals surface area contributed by atoms with E-state index in [2.05, 4.69) is 22.0 Å². The molecule has 1 atom stereocenters. The van der Waals surface area contributed by atoms with E-state index in [0.717, 1.165) is 36.5 Å². The third kappa shape index (κ3) is 11.3. The van der Waals surface area contributed by atoms with E-state index in [4.69, 9.17) is 34.7 Å². The number of alkyl halides is 9. The molecule has 1 aromatic carbocycles. The lowest BCUT2D eigenvalue weighted by atomic mass is 9.85. The fraction of sp³-hybridized carbons (Fsp3) is 0.310. The van der Waals surface area contributed by atoms with E-state index in [0.29, 0.717) is 13.1 Å². The van der Waals surface area contributed by atoms with Crippen molar-refractivity contribution in [3.8, 4) is 0 Å². The highest BCUT2D eigenvalue weighted by atomic mass is 19.4. The Morgan fingerprint density at radius 3 is 1.74 bits per heavy atom. The number of aromatic nitrogens is 2. The van der Waals surface area contributed by atoms with Crippen LogP contribution in [0.4, 0.5) is 49.6 Å². The number of carbonyl (C=O) groups is 4. The van der Waals surface area contributed by atoms with Crippen molar-refractivity contribution in [2.45, 2.75) is 36.9 Å². The standard InChI is InChI=1S/C23H21FN4O.3C2HF3O2/c24-19-7-2-1-6-18(19)22(29)27-12-9-23(15-27)16-28(14-17-5-3-10-25-13-17)20-8-4-11-26-21(20)23;3*3-2(4,5)1(6)7/h1-8,10-11,13H,9,12,14-16H2;3*(H,6,7). The molecule has 0 radical (unpaired) electrons. The summed E-state index contributed by atoms with van der Waals surface area (Å²) < 4.78 is 109. The van der Waals surface area contributed by atoms with Gasteiger partial charge in [-0.05, 0) is 42.3 Å². The van der Waals surface area contributed by atoms with E-state index in [1.54, 1.807) is 29.3 Å². The third-order valence-electron chi connectivity index (χ3n) is 6.69. The number of carbonyl (C=O) groups excluding carboxylic acids is 1. The predicted molar refractivity (Wildman–Crippen MR) is 149 cm³/mol. The molecule has 2 aliphatic heterocycles. The van der Waals surface area contributed by atoms with Gasteiger partial charge in [0.15, 0.2) is 0 Å². The lowest BCUT2D eigenvalue weighted by Crippen LogP contribution is -2.38. The zero-order chi connectivity index (χ0) is 38.1. The molecule has 2 aliphatic rings. The van der Waals surface area contributed by atoms with Gasteiger partial charge in [0, 0.05) is 44.8 Å². The van der Waals surface area contributed by atoms with Crippen LogP contribution in [0.25, 0.3) is 0 Å². The number of hydrogen-bond acceptors (Lipinski definition) is 7. The summed E-state index contributed by atoms with van der Waals surface area (Å²) in [6.07, 6.45) is -8.96. The molecule has 1 unspecified atom stereocenters. The first-order valence-corrected chi connectivity index (χ1v) is 13.5. The molecular formula is C29H24F10N4O7. The molecule has 50 heavy (non-hydrogen) atoms. The summed E-state index contributed by atoms with van der Waals surface area (Å²) in [5, 5.41) is 21.4. The molecule has 1 saturated heterocycles. The third-order valence-corrected chi connectivity index (χ3v) is 6.69. The molecule has 272 valence electrons. The van der Waals surface area contributed by atoms with Gasteiger partial charge in [-0.15, -0.1) is 0 Å². The molecular weight excluding hydrogens is 706 g/mol. The van der Waals surface area contributed by atoms with Gasteiger partial charge in [-0.3, -0.25) is 14.8 Å². The molecule has 0 bridgehead atoms. The van der Waals surface area contributed by atoms with Crippen molar-refractivity contribution < 1.29 is 78.4 Å². The van der Waals surface area contributed by atoms with Crippen LogP contribution in [0.3, 0.4) is 0 Å². The van der Waals surface area contributed by atoms with Crippen LogP contribution in [-0.2, 0) is 26.3 Å². The van der Waals surface area contributed by atoms with Crippen LogP contribution in [0.15, 0.2) is 67.1 Å². The maximum absolute atomic E-state index is 14.1. The van der Waals surface area contributed by atoms with Crippen molar-refractivity contribution in [3.05, 3.63) is 89.8 Å². The van der Waals surface area contributed by atoms with Crippen LogP contribution in [-0.4, -0.2) is 92.2 Å². The van der Waals surface area contributed by atoms with Crippen molar-refractivity contribution in [1.29, 1.82) is 0 Å². The average Bonchev–Trinajstić information content (AvgIpc) is 3.58. The predicted octanol–water partition coefficient (Wildman–Crippen LogP) is 5.32. The van der Waals surface area contributed by atoms with Crippen LogP contribution in [0, 0.1) is 5.82 Å². The summed E-state index contributed by atoms with van der Waals surface area (Å²) in [4.78, 5) is 52.6. The largest absolute Gasteiger partial charge is 0.490 e. The van der Waals surface area contributed by atoms with Crippen LogP contribution in [0.2, 0.25) is 0 Å². The molecule has 1 spiro atoms. The summed E-state index contributed by atoms with van der Waals surface area (Å²) in [6, 6.07) is 14.2. The highest BCUT2D eigenvalue weighted by Gasteiger charge is 2.49. The quantitative estimate of drug-likeness (QED) is 0.301. The minimum atomic E-state index is -5.08. The maximum atomic E-state index is 14.1. The van der Waals surface area contributed by atoms with Crippen molar-refractivity contribution in [3.63, 3.8) is 0 Å². The lowest BCUT2D eigenvalue weighted by Gasteiger charge is -2.26. The summed E-state index contributed by atoms with van der Waals surface area (Å²) >= 11 is 0. The molecule has 21 heteroatoms. The van der Waals surface area contributed by atoms with Gasteiger partial charge >= 0.3 is 36.4 Å². The van der Waals surface area contributed by atoms with Gasteiger partial charge in [0.25, 0.3) is 5.91 Å². The lowest BCUT2D eigenvalue weighted by molar-refractivity contribution is -0.193. The number of amides is 1. The second-order valence-corrected chi connectivity index (χ2v) is 10.2. The minimum absolute atomic E-state index is 0.135. The van der Waals surface area contributed by atoms with Gasteiger partial charge in [0.1, 0.15) is 5.82 Å². The molecule has 0 aliphatic carbocycles. The van der Waals surface area contributed by atoms with Crippen molar-refractivity contribution >= 4 is 29.5 Å². The Kier molecular flexibility index (Phi) is 13.2. The minimum Gasteiger partial charge on any atom is -0.475 e. The smallest absolute Gasteiger partial charge is 0.475 e. The van der Waals surface area contributed by atoms with E-state index in [1.165, 1.54) is 6.07 Å². The number of hydrogen-bond donors (Lipinski definition) is 3. The molecule has 3 N–H and O–H groups in total. The van der Waals surface area contributed by atoms with Gasteiger partial charge in [0.05, 0.1) is 22.4 Å². The van der Waals surface area contributed by atoms with Crippen LogP contribution < -0.4 is 4.90 Å². The fourth-order valence-electron chi connectivity index (χ4n) is 4.61. The van der Waals surface area contributed by atoms with Crippen LogP contribution >= 0.6 is 0 Å². The van der Waals surface area contributed by atoms with E-state index in [-0.39, 0.29) is 16.9 Å². The highest BCUT2D eigenvalue weighted by Crippen LogP contribution is 2.45. The number of pyridine rings is 2. The zero-order valence-corrected chi connectivity index (χ0v) is 24.9. The monoisotopic (exact) mass is 730 g/mol. The Labute approximate surface area is 274 Å². The Morgan fingerprint density at radius 2 is 1.26 bits per heavy atom. The number of likely N-dealkylation sites (tertiary alicyclic amines) is 1. The SMILES string of the molecule is O=C(O)C(F)(F)F.O=C(O)C(F)(F)F.O=C(O)C(F)(F)F.O=C(c1ccccc1F)N1CCC2(C1)CN(Cc1cccnc1)c1cccnc12. The Balaban J connectivity index is 0.000000338. The van der Waals surface area contributed by atoms with E-state index >= 15 is 0 Å². The van der Waals surface area contributed by atoms with Crippen molar-refractivity contribution in [1.82, 2.24) is 14.9 Å². The van der Waals surface area contributed by atoms with Crippen LogP contribution in [0.5, 0.6) is 0 Å². The maximum Gasteiger partial charge on any atom is 0.490 e. The van der Waals surface area contributed by atoms with Gasteiger partial charge in [-0.2, -0.15) is 39.5 Å². The number of anilines is 1. The molecule has 2 aromatic heterocycles. The highest BCUT2D eigenvalue weighted by molar-refractivity contribution is 5.95. The molecule has 1 fully saturated rings. The van der Waals surface area contributed by atoms with Crippen LogP contribution in [0.1, 0.15) is 28.0 Å². The van der Waals surface area contributed by atoms with E-state index in [9.17, 15) is 48.7 Å². The number of benzene rings is 1. The number of nitrogens with zero attached hydrogens (tertiary/aromatic N) is 4. The van der Waals surface area contributed by atoms with E-state index < -0.39 is 42.3 Å². The molecule has 11 nitrogen and oxygen atoms in total. The Hall–Kier alpha value is -5.50. The molecule has 1 amide bonds. The van der Waals surface area contributed by atoms with Crippen molar-refractivity contribution in [2.24, 2.45) is 0 Å².